The number of allylic oxidation sites excluding steroid dienone is 2. The van der Waals surface area contributed by atoms with Gasteiger partial charge in [0.05, 0.1) is 23.6 Å². The van der Waals surface area contributed by atoms with E-state index in [4.69, 9.17) is 4.74 Å². The van der Waals surface area contributed by atoms with Crippen molar-refractivity contribution < 1.29 is 13.9 Å². The van der Waals surface area contributed by atoms with Crippen molar-refractivity contribution in [2.75, 3.05) is 11.9 Å². The van der Waals surface area contributed by atoms with Crippen molar-refractivity contribution in [3.05, 3.63) is 36.1 Å². The molecule has 1 aromatic heterocycles. The normalized spacial score (nSPS) is 14.2. The molecule has 0 aliphatic carbocycles. The molecule has 0 aliphatic rings. The van der Waals surface area contributed by atoms with Crippen LogP contribution in [0.3, 0.4) is 0 Å². The molecule has 6 nitrogen and oxygen atoms in total. The van der Waals surface area contributed by atoms with Gasteiger partial charge in [0.15, 0.2) is 12.1 Å². The first-order chi connectivity index (χ1) is 11.8. The van der Waals surface area contributed by atoms with Crippen molar-refractivity contribution in [2.45, 2.75) is 46.8 Å². The van der Waals surface area contributed by atoms with Gasteiger partial charge in [-0.2, -0.15) is 0 Å². The van der Waals surface area contributed by atoms with Gasteiger partial charge in [-0.05, 0) is 46.8 Å². The summed E-state index contributed by atoms with van der Waals surface area (Å²) in [4.78, 5) is 23.1. The van der Waals surface area contributed by atoms with Crippen LogP contribution < -0.4 is 5.32 Å². The number of aldehydes is 1. The van der Waals surface area contributed by atoms with Crippen molar-refractivity contribution in [2.24, 2.45) is 4.99 Å². The Morgan fingerprint density at radius 1 is 1.40 bits per heavy atom. The highest BCUT2D eigenvalue weighted by Crippen LogP contribution is 2.24. The van der Waals surface area contributed by atoms with Gasteiger partial charge in [-0.25, -0.2) is 19.4 Å². The predicted octanol–water partition coefficient (Wildman–Crippen LogP) is 3.71. The second-order valence-corrected chi connectivity index (χ2v) is 5.75. The zero-order valence-electron chi connectivity index (χ0n) is 15.3. The van der Waals surface area contributed by atoms with E-state index in [1.54, 1.807) is 26.8 Å². The average molecular weight is 348 g/mol. The molecule has 0 bridgehead atoms. The number of ether oxygens (including phenoxy) is 1. The van der Waals surface area contributed by atoms with Crippen LogP contribution in [0.15, 0.2) is 35.4 Å². The maximum Gasteiger partial charge on any atom is 0.163 e. The number of aromatic nitrogens is 2. The maximum atomic E-state index is 13.8. The second-order valence-electron chi connectivity index (χ2n) is 5.75. The maximum absolute atomic E-state index is 13.8. The molecule has 1 atom stereocenters. The predicted molar refractivity (Wildman–Crippen MR) is 98.1 cm³/mol. The van der Waals surface area contributed by atoms with Crippen molar-refractivity contribution in [3.8, 4) is 0 Å². The number of carbonyl (C=O) groups excluding carboxylic acids is 1. The lowest BCUT2D eigenvalue weighted by Crippen LogP contribution is -2.11. The number of carbonyl (C=O) groups is 1. The van der Waals surface area contributed by atoms with Gasteiger partial charge in [0.2, 0.25) is 0 Å². The molecule has 0 aromatic carbocycles. The molecule has 7 heteroatoms. The van der Waals surface area contributed by atoms with Crippen LogP contribution in [-0.4, -0.2) is 40.7 Å². The largest absolute Gasteiger partial charge is 0.372 e. The highest BCUT2D eigenvalue weighted by Gasteiger charge is 2.07. The van der Waals surface area contributed by atoms with E-state index < -0.39 is 0 Å². The number of aryl methyl sites for hydroxylation is 1. The molecule has 0 fully saturated rings. The lowest BCUT2D eigenvalue weighted by molar-refractivity contribution is -0.102. The fraction of sp³-hybridized carbons (Fsp3) is 0.444. The number of hydrogen-bond donors (Lipinski definition) is 1. The molecule has 1 unspecified atom stereocenters. The monoisotopic (exact) mass is 348 g/mol. The Morgan fingerprint density at radius 3 is 2.76 bits per heavy atom. The van der Waals surface area contributed by atoms with Gasteiger partial charge in [0, 0.05) is 6.54 Å². The topological polar surface area (TPSA) is 76.5 Å². The van der Waals surface area contributed by atoms with Crippen LogP contribution in [0.1, 0.15) is 33.4 Å². The first kappa shape index (κ1) is 20.6. The molecule has 0 amide bonds. The molecule has 1 heterocycles. The number of nitrogens with zero attached hydrogens (tertiary/aromatic N) is 3. The quantitative estimate of drug-likeness (QED) is 0.418. The standard InChI is InChI=1S/C18H25FN4O2/c1-12(2)25-14(4)9-16(19)7-6-8-20-18-17(23-13(3)10-24)15(5)21-11-22-18/h6-7,9-12,14H,8H2,1-5H3,(H,20,21,22)/b7-6-,16-9+,23-13?. The second kappa shape index (κ2) is 10.5. The van der Waals surface area contributed by atoms with Gasteiger partial charge in [-0.1, -0.05) is 6.08 Å². The molecule has 0 saturated heterocycles. The van der Waals surface area contributed by atoms with Crippen molar-refractivity contribution in [3.63, 3.8) is 0 Å². The van der Waals surface area contributed by atoms with E-state index in [2.05, 4.69) is 20.3 Å². The molecule has 0 radical (unpaired) electrons. The van der Waals surface area contributed by atoms with Crippen LogP contribution in [0.25, 0.3) is 0 Å². The minimum atomic E-state index is -0.371. The Morgan fingerprint density at radius 2 is 2.12 bits per heavy atom. The third-order valence-corrected chi connectivity index (χ3v) is 3.01. The molecule has 25 heavy (non-hydrogen) atoms. The Kier molecular flexibility index (Phi) is 8.63. The lowest BCUT2D eigenvalue weighted by atomic mass is 10.3. The fourth-order valence-corrected chi connectivity index (χ4v) is 2.01. The number of aliphatic imine (C=N–C) groups is 1. The highest BCUT2D eigenvalue weighted by molar-refractivity contribution is 6.27. The molecule has 0 spiro atoms. The van der Waals surface area contributed by atoms with Crippen molar-refractivity contribution in [1.82, 2.24) is 9.97 Å². The number of hydrogen-bond acceptors (Lipinski definition) is 6. The third kappa shape index (κ3) is 7.80. The van der Waals surface area contributed by atoms with Crippen LogP contribution >= 0.6 is 0 Å². The van der Waals surface area contributed by atoms with Gasteiger partial charge in [-0.15, -0.1) is 0 Å². The Labute approximate surface area is 147 Å². The summed E-state index contributed by atoms with van der Waals surface area (Å²) < 4.78 is 19.2. The minimum Gasteiger partial charge on any atom is -0.372 e. The van der Waals surface area contributed by atoms with Crippen LogP contribution in [0, 0.1) is 6.92 Å². The van der Waals surface area contributed by atoms with E-state index >= 15 is 0 Å². The van der Waals surface area contributed by atoms with Gasteiger partial charge >= 0.3 is 0 Å². The molecule has 1 aromatic rings. The van der Waals surface area contributed by atoms with Gasteiger partial charge in [0.1, 0.15) is 17.8 Å². The summed E-state index contributed by atoms with van der Waals surface area (Å²) in [5.41, 5.74) is 1.47. The lowest BCUT2D eigenvalue weighted by Gasteiger charge is -2.11. The van der Waals surface area contributed by atoms with Crippen LogP contribution in [0.5, 0.6) is 0 Å². The highest BCUT2D eigenvalue weighted by atomic mass is 19.1. The number of anilines is 1. The summed E-state index contributed by atoms with van der Waals surface area (Å²) in [5, 5.41) is 3.04. The number of halogens is 1. The fourth-order valence-electron chi connectivity index (χ4n) is 2.01. The van der Waals surface area contributed by atoms with E-state index in [9.17, 15) is 9.18 Å². The summed E-state index contributed by atoms with van der Waals surface area (Å²) in [6, 6.07) is 0. The van der Waals surface area contributed by atoms with Crippen LogP contribution in [0.4, 0.5) is 15.9 Å². The summed E-state index contributed by atoms with van der Waals surface area (Å²) in [6.45, 7) is 9.31. The first-order valence-electron chi connectivity index (χ1n) is 8.08. The van der Waals surface area contributed by atoms with E-state index in [0.717, 1.165) is 0 Å². The Bertz CT molecular complexity index is 669. The zero-order valence-corrected chi connectivity index (χ0v) is 15.3. The SMILES string of the molecule is CC(C=O)=Nc1c(C)ncnc1NC/C=C\C(F)=C/C(C)OC(C)C. The van der Waals surface area contributed by atoms with E-state index in [1.807, 2.05) is 13.8 Å². The molecule has 0 saturated carbocycles. The van der Waals surface area contributed by atoms with Crippen LogP contribution in [-0.2, 0) is 9.53 Å². The average Bonchev–Trinajstić information content (AvgIpc) is 2.53. The molecular weight excluding hydrogens is 323 g/mol. The van der Waals surface area contributed by atoms with Gasteiger partial charge < -0.3 is 10.1 Å². The van der Waals surface area contributed by atoms with E-state index in [0.29, 0.717) is 35.7 Å². The van der Waals surface area contributed by atoms with Crippen molar-refractivity contribution in [1.29, 1.82) is 0 Å². The Hall–Kier alpha value is -2.41. The van der Waals surface area contributed by atoms with Crippen LogP contribution in [0.2, 0.25) is 0 Å². The minimum absolute atomic E-state index is 0.0412. The smallest absolute Gasteiger partial charge is 0.163 e. The Balaban J connectivity index is 2.72. The number of rotatable bonds is 9. The first-order valence-corrected chi connectivity index (χ1v) is 8.08. The van der Waals surface area contributed by atoms with Crippen molar-refractivity contribution >= 4 is 23.5 Å². The van der Waals surface area contributed by atoms with E-state index in [1.165, 1.54) is 18.5 Å². The van der Waals surface area contributed by atoms with E-state index in [-0.39, 0.29) is 18.0 Å². The molecule has 0 aliphatic heterocycles. The summed E-state index contributed by atoms with van der Waals surface area (Å²) in [5.74, 6) is 0.114. The molecule has 1 N–H and O–H groups in total. The summed E-state index contributed by atoms with van der Waals surface area (Å²) in [6.07, 6.45) is 6.22. The van der Waals surface area contributed by atoms with Gasteiger partial charge in [0.25, 0.3) is 0 Å². The summed E-state index contributed by atoms with van der Waals surface area (Å²) in [7, 11) is 0. The molecule has 136 valence electrons. The molecular formula is C18H25FN4O2. The summed E-state index contributed by atoms with van der Waals surface area (Å²) >= 11 is 0. The molecule has 1 rings (SSSR count). The third-order valence-electron chi connectivity index (χ3n) is 3.01. The number of nitrogens with one attached hydrogen (secondary N) is 1. The zero-order chi connectivity index (χ0) is 18.8. The van der Waals surface area contributed by atoms with Gasteiger partial charge in [-0.3, -0.25) is 4.79 Å².